The molecule has 3 aromatic rings. The van der Waals surface area contributed by atoms with Gasteiger partial charge in [0.15, 0.2) is 0 Å². The minimum absolute atomic E-state index is 0.200. The average molecular weight is 462 g/mol. The number of benzene rings is 2. The van der Waals surface area contributed by atoms with Crippen molar-refractivity contribution in [3.8, 4) is 0 Å². The van der Waals surface area contributed by atoms with Gasteiger partial charge in [0.05, 0.1) is 6.54 Å². The number of hydrogen-bond acceptors (Lipinski definition) is 5. The number of aryl methyl sites for hydroxylation is 1. The number of carbonyl (C=O) groups excluding carboxylic acids is 1. The van der Waals surface area contributed by atoms with Gasteiger partial charge in [0.25, 0.3) is 0 Å². The lowest BCUT2D eigenvalue weighted by Crippen LogP contribution is -2.49. The van der Waals surface area contributed by atoms with E-state index in [9.17, 15) is 4.79 Å². The van der Waals surface area contributed by atoms with Crippen LogP contribution in [-0.4, -0.2) is 56.7 Å². The quantitative estimate of drug-likeness (QED) is 0.516. The van der Waals surface area contributed by atoms with Crippen molar-refractivity contribution in [2.24, 2.45) is 0 Å². The molecule has 0 saturated carbocycles. The average Bonchev–Trinajstić information content (AvgIpc) is 3.09. The van der Waals surface area contributed by atoms with E-state index >= 15 is 0 Å². The first-order valence-corrected chi connectivity index (χ1v) is 12.8. The third-order valence-corrected chi connectivity index (χ3v) is 7.81. The van der Waals surface area contributed by atoms with Crippen molar-refractivity contribution < 1.29 is 4.79 Å². The van der Waals surface area contributed by atoms with Crippen LogP contribution in [-0.2, 0) is 24.3 Å². The number of piperazine rings is 1. The Bertz CT molecular complexity index is 1050. The van der Waals surface area contributed by atoms with Crippen molar-refractivity contribution in [2.75, 3.05) is 26.2 Å². The van der Waals surface area contributed by atoms with Crippen LogP contribution >= 0.6 is 11.8 Å². The van der Waals surface area contributed by atoms with Gasteiger partial charge in [0.2, 0.25) is 5.91 Å². The fourth-order valence-corrected chi connectivity index (χ4v) is 5.81. The Morgan fingerprint density at radius 2 is 1.58 bits per heavy atom. The molecule has 2 aliphatic rings. The van der Waals surface area contributed by atoms with Crippen LogP contribution in [0.1, 0.15) is 41.7 Å². The summed E-state index contributed by atoms with van der Waals surface area (Å²) in [6.45, 7) is 5.08. The fourth-order valence-electron chi connectivity index (χ4n) is 4.68. The summed E-state index contributed by atoms with van der Waals surface area (Å²) in [6.07, 6.45) is 4.73. The molecule has 3 heterocycles. The lowest BCUT2D eigenvalue weighted by molar-refractivity contribution is -0.132. The molecule has 1 aromatic heterocycles. The van der Waals surface area contributed by atoms with E-state index in [4.69, 9.17) is 0 Å². The Kier molecular flexibility index (Phi) is 7.07. The molecule has 33 heavy (non-hydrogen) atoms. The summed E-state index contributed by atoms with van der Waals surface area (Å²) >= 11 is 1.64. The molecule has 0 spiro atoms. The second-order valence-corrected chi connectivity index (χ2v) is 10.00. The normalized spacial score (nSPS) is 17.9. The molecule has 6 nitrogen and oxygen atoms in total. The Hall–Kier alpha value is -2.64. The van der Waals surface area contributed by atoms with E-state index in [1.54, 1.807) is 11.8 Å². The topological polar surface area (TPSA) is 54.3 Å². The predicted molar refractivity (Wildman–Crippen MR) is 131 cm³/mol. The van der Waals surface area contributed by atoms with Gasteiger partial charge in [-0.2, -0.15) is 0 Å². The maximum atomic E-state index is 13.6. The van der Waals surface area contributed by atoms with Gasteiger partial charge in [-0.1, -0.05) is 55.0 Å². The van der Waals surface area contributed by atoms with Crippen LogP contribution in [0.2, 0.25) is 0 Å². The molecular formula is C26H31N5OS. The van der Waals surface area contributed by atoms with Crippen LogP contribution in [0.4, 0.5) is 0 Å². The van der Waals surface area contributed by atoms with Gasteiger partial charge in [-0.05, 0) is 30.5 Å². The minimum Gasteiger partial charge on any atom is -0.339 e. The molecular weight excluding hydrogens is 430 g/mol. The van der Waals surface area contributed by atoms with Gasteiger partial charge in [-0.15, -0.1) is 22.0 Å². The molecule has 2 aromatic carbocycles. The summed E-state index contributed by atoms with van der Waals surface area (Å²) in [4.78, 5) is 19.2. The van der Waals surface area contributed by atoms with E-state index in [0.29, 0.717) is 0 Å². The first-order chi connectivity index (χ1) is 16.3. The molecule has 0 N–H and O–H groups in total. The highest BCUT2D eigenvalue weighted by molar-refractivity contribution is 8.00. The number of fused-ring (bicyclic) bond motifs is 1. The Labute approximate surface area is 200 Å². The molecule has 172 valence electrons. The summed E-state index contributed by atoms with van der Waals surface area (Å²) in [6, 6.07) is 20.4. The molecule has 5 rings (SSSR count). The van der Waals surface area contributed by atoms with Crippen LogP contribution in [0.15, 0.2) is 65.6 Å². The summed E-state index contributed by atoms with van der Waals surface area (Å²) in [5.74, 6) is 2.42. The molecule has 1 fully saturated rings. The highest BCUT2D eigenvalue weighted by Crippen LogP contribution is 2.36. The van der Waals surface area contributed by atoms with E-state index < -0.39 is 0 Å². The molecule has 0 radical (unpaired) electrons. The van der Waals surface area contributed by atoms with E-state index in [2.05, 4.69) is 43.9 Å². The summed E-state index contributed by atoms with van der Waals surface area (Å²) in [5.41, 5.74) is 1.06. The van der Waals surface area contributed by atoms with Crippen LogP contribution in [0.5, 0.6) is 0 Å². The Balaban J connectivity index is 1.23. The number of nitrogens with zero attached hydrogens (tertiary/aromatic N) is 5. The maximum absolute atomic E-state index is 13.6. The SMILES string of the molecule is O=C(C(Sc1ccccc1)c1ccccc1)N1CCN(Cc2nnc3n2CCCCC3)CC1. The summed E-state index contributed by atoms with van der Waals surface area (Å²) in [7, 11) is 0. The first kappa shape index (κ1) is 22.2. The first-order valence-electron chi connectivity index (χ1n) is 12.0. The second kappa shape index (κ2) is 10.5. The van der Waals surface area contributed by atoms with E-state index in [-0.39, 0.29) is 11.2 Å². The van der Waals surface area contributed by atoms with Gasteiger partial charge in [0, 0.05) is 44.0 Å². The standard InChI is InChI=1S/C26H31N5OS/c32-26(25(21-10-4-1-5-11-21)33-22-12-6-2-7-13-22)30-18-16-29(17-19-30)20-24-28-27-23-14-8-3-9-15-31(23)24/h1-2,4-7,10-13,25H,3,8-9,14-20H2. The monoisotopic (exact) mass is 461 g/mol. The number of aromatic nitrogens is 3. The smallest absolute Gasteiger partial charge is 0.240 e. The van der Waals surface area contributed by atoms with Gasteiger partial charge in [0.1, 0.15) is 16.9 Å². The van der Waals surface area contributed by atoms with Crippen molar-refractivity contribution in [3.05, 3.63) is 77.9 Å². The zero-order valence-electron chi connectivity index (χ0n) is 19.0. The number of thioether (sulfide) groups is 1. The van der Waals surface area contributed by atoms with Gasteiger partial charge in [-0.25, -0.2) is 0 Å². The molecule has 1 atom stereocenters. The number of rotatable bonds is 6. The summed E-state index contributed by atoms with van der Waals surface area (Å²) < 4.78 is 2.33. The van der Waals surface area contributed by atoms with Gasteiger partial charge < -0.3 is 9.47 Å². The van der Waals surface area contributed by atoms with Crippen LogP contribution in [0, 0.1) is 0 Å². The Morgan fingerprint density at radius 3 is 2.33 bits per heavy atom. The highest BCUT2D eigenvalue weighted by atomic mass is 32.2. The predicted octanol–water partition coefficient (Wildman–Crippen LogP) is 4.18. The van der Waals surface area contributed by atoms with Crippen LogP contribution in [0.3, 0.4) is 0 Å². The van der Waals surface area contributed by atoms with Crippen molar-refractivity contribution in [3.63, 3.8) is 0 Å². The Morgan fingerprint density at radius 1 is 0.848 bits per heavy atom. The highest BCUT2D eigenvalue weighted by Gasteiger charge is 2.30. The van der Waals surface area contributed by atoms with Crippen LogP contribution < -0.4 is 0 Å². The maximum Gasteiger partial charge on any atom is 0.240 e. The molecule has 0 bridgehead atoms. The van der Waals surface area contributed by atoms with E-state index in [1.807, 2.05) is 41.3 Å². The fraction of sp³-hybridized carbons (Fsp3) is 0.423. The third kappa shape index (κ3) is 5.31. The van der Waals surface area contributed by atoms with E-state index in [1.165, 1.54) is 19.3 Å². The lowest BCUT2D eigenvalue weighted by Gasteiger charge is -2.36. The zero-order valence-corrected chi connectivity index (χ0v) is 19.8. The van der Waals surface area contributed by atoms with Gasteiger partial charge >= 0.3 is 0 Å². The number of hydrogen-bond donors (Lipinski definition) is 0. The zero-order chi connectivity index (χ0) is 22.5. The number of amides is 1. The molecule has 1 saturated heterocycles. The van der Waals surface area contributed by atoms with Crippen molar-refractivity contribution in [1.29, 1.82) is 0 Å². The molecule has 7 heteroatoms. The third-order valence-electron chi connectivity index (χ3n) is 6.56. The summed E-state index contributed by atoms with van der Waals surface area (Å²) in [5, 5.41) is 8.70. The molecule has 1 amide bonds. The van der Waals surface area contributed by atoms with E-state index in [0.717, 1.165) is 67.8 Å². The second-order valence-electron chi connectivity index (χ2n) is 8.82. The molecule has 2 aliphatic heterocycles. The molecule has 1 unspecified atom stereocenters. The van der Waals surface area contributed by atoms with Crippen molar-refractivity contribution in [2.45, 2.75) is 48.9 Å². The largest absolute Gasteiger partial charge is 0.339 e. The molecule has 0 aliphatic carbocycles. The lowest BCUT2D eigenvalue weighted by atomic mass is 10.1. The van der Waals surface area contributed by atoms with Crippen molar-refractivity contribution in [1.82, 2.24) is 24.6 Å². The van der Waals surface area contributed by atoms with Crippen LogP contribution in [0.25, 0.3) is 0 Å². The van der Waals surface area contributed by atoms with Crippen molar-refractivity contribution >= 4 is 17.7 Å². The number of carbonyl (C=O) groups is 1. The minimum atomic E-state index is -0.229. The van der Waals surface area contributed by atoms with Gasteiger partial charge in [-0.3, -0.25) is 9.69 Å².